The molecule has 1 heterocycles. The second-order valence-corrected chi connectivity index (χ2v) is 7.18. The molecule has 3 heteroatoms. The van der Waals surface area contributed by atoms with Crippen LogP contribution in [0.3, 0.4) is 0 Å². The van der Waals surface area contributed by atoms with Crippen molar-refractivity contribution in [3.63, 3.8) is 0 Å². The predicted molar refractivity (Wildman–Crippen MR) is 99.4 cm³/mol. The van der Waals surface area contributed by atoms with Gasteiger partial charge in [-0.2, -0.15) is 0 Å². The molecule has 1 aliphatic heterocycles. The summed E-state index contributed by atoms with van der Waals surface area (Å²) in [5.74, 6) is 0.544. The molecule has 1 aromatic carbocycles. The van der Waals surface area contributed by atoms with Crippen LogP contribution in [0.2, 0.25) is 0 Å². The van der Waals surface area contributed by atoms with E-state index < -0.39 is 0 Å². The molecular formula is C21H31NO2. The lowest BCUT2D eigenvalue weighted by Gasteiger charge is -2.43. The quantitative estimate of drug-likeness (QED) is 0.514. The van der Waals surface area contributed by atoms with Gasteiger partial charge in [0.15, 0.2) is 5.78 Å². The van der Waals surface area contributed by atoms with Crippen LogP contribution in [-0.4, -0.2) is 24.7 Å². The number of hydrogen-bond donors (Lipinski definition) is 1. The summed E-state index contributed by atoms with van der Waals surface area (Å²) in [4.78, 5) is 12.5. The van der Waals surface area contributed by atoms with Crippen molar-refractivity contribution in [2.24, 2.45) is 5.92 Å². The Morgan fingerprint density at radius 2 is 2.00 bits per heavy atom. The van der Waals surface area contributed by atoms with Crippen molar-refractivity contribution in [2.75, 3.05) is 13.2 Å². The molecule has 2 rings (SSSR count). The third kappa shape index (κ3) is 3.77. The van der Waals surface area contributed by atoms with E-state index in [0.29, 0.717) is 25.6 Å². The van der Waals surface area contributed by atoms with Gasteiger partial charge in [0.25, 0.3) is 0 Å². The highest BCUT2D eigenvalue weighted by atomic mass is 16.5. The lowest BCUT2D eigenvalue weighted by Crippen LogP contribution is -2.48. The van der Waals surface area contributed by atoms with Gasteiger partial charge >= 0.3 is 0 Å². The van der Waals surface area contributed by atoms with E-state index in [-0.39, 0.29) is 11.2 Å². The monoisotopic (exact) mass is 329 g/mol. The molecule has 0 spiro atoms. The highest BCUT2D eigenvalue weighted by Gasteiger charge is 2.42. The number of Topliss-reactive ketones (excluding diaryl/α,β-unsaturated/α-hetero) is 1. The Labute approximate surface area is 146 Å². The zero-order valence-electron chi connectivity index (χ0n) is 15.6. The molecule has 0 aromatic heterocycles. The van der Waals surface area contributed by atoms with Gasteiger partial charge in [0, 0.05) is 23.1 Å². The van der Waals surface area contributed by atoms with Crippen molar-refractivity contribution in [3.8, 4) is 0 Å². The van der Waals surface area contributed by atoms with Crippen LogP contribution in [0.4, 0.5) is 0 Å². The minimum absolute atomic E-state index is 0.117. The standard InChI is InChI=1S/C21H31NO2/c1-5-8-20(23)18-11-17(10-9-16(18)7-3)21(13-24-14-21)12-19(22)15(4)6-2/h9-11,15,22H,5-8,12-14H2,1-4H3. The van der Waals surface area contributed by atoms with Gasteiger partial charge in [-0.15, -0.1) is 0 Å². The second-order valence-electron chi connectivity index (χ2n) is 7.18. The third-order valence-electron chi connectivity index (χ3n) is 5.37. The van der Waals surface area contributed by atoms with Gasteiger partial charge in [-0.1, -0.05) is 39.8 Å². The molecule has 3 nitrogen and oxygen atoms in total. The highest BCUT2D eigenvalue weighted by Crippen LogP contribution is 2.38. The fraction of sp³-hybridized carbons (Fsp3) is 0.619. The minimum atomic E-state index is -0.117. The SMILES string of the molecule is CCCC(=O)c1cc(C2(CC(=N)C(C)CC)COC2)ccc1CC. The maximum absolute atomic E-state index is 12.5. The first-order chi connectivity index (χ1) is 11.5. The number of nitrogens with one attached hydrogen (secondary N) is 1. The number of ketones is 1. The van der Waals surface area contributed by atoms with Crippen LogP contribution in [0, 0.1) is 11.3 Å². The molecule has 1 fully saturated rings. The smallest absolute Gasteiger partial charge is 0.163 e. The van der Waals surface area contributed by atoms with Crippen LogP contribution in [-0.2, 0) is 16.6 Å². The molecule has 1 aliphatic rings. The Morgan fingerprint density at radius 1 is 1.29 bits per heavy atom. The molecule has 1 atom stereocenters. The van der Waals surface area contributed by atoms with Crippen LogP contribution in [0.5, 0.6) is 0 Å². The summed E-state index contributed by atoms with van der Waals surface area (Å²) in [6, 6.07) is 6.34. The third-order valence-corrected chi connectivity index (χ3v) is 5.37. The first-order valence-corrected chi connectivity index (χ1v) is 9.29. The molecule has 132 valence electrons. The molecule has 1 unspecified atom stereocenters. The van der Waals surface area contributed by atoms with E-state index in [1.54, 1.807) is 0 Å². The number of carbonyl (C=O) groups is 1. The summed E-state index contributed by atoms with van der Waals surface area (Å²) in [5, 5.41) is 8.40. The van der Waals surface area contributed by atoms with Crippen LogP contribution in [0.25, 0.3) is 0 Å². The maximum atomic E-state index is 12.5. The number of hydrogen-bond acceptors (Lipinski definition) is 3. The Balaban J connectivity index is 2.33. The topological polar surface area (TPSA) is 50.2 Å². The lowest BCUT2D eigenvalue weighted by atomic mass is 9.72. The minimum Gasteiger partial charge on any atom is -0.379 e. The average molecular weight is 329 g/mol. The van der Waals surface area contributed by atoms with Crippen molar-refractivity contribution >= 4 is 11.5 Å². The van der Waals surface area contributed by atoms with E-state index in [9.17, 15) is 4.79 Å². The number of aryl methyl sites for hydroxylation is 1. The van der Waals surface area contributed by atoms with Crippen molar-refractivity contribution in [2.45, 2.75) is 65.2 Å². The number of carbonyl (C=O) groups excluding carboxylic acids is 1. The molecular weight excluding hydrogens is 298 g/mol. The second kappa shape index (κ2) is 8.06. The lowest BCUT2D eigenvalue weighted by molar-refractivity contribution is -0.0568. The van der Waals surface area contributed by atoms with E-state index in [2.05, 4.69) is 39.0 Å². The fourth-order valence-electron chi connectivity index (χ4n) is 3.34. The predicted octanol–water partition coefficient (Wildman–Crippen LogP) is 4.96. The zero-order valence-corrected chi connectivity index (χ0v) is 15.6. The Hall–Kier alpha value is -1.48. The summed E-state index contributed by atoms with van der Waals surface area (Å²) in [7, 11) is 0. The Bertz CT molecular complexity index is 602. The molecule has 0 saturated carbocycles. The van der Waals surface area contributed by atoms with Gasteiger partial charge in [-0.3, -0.25) is 4.79 Å². The Morgan fingerprint density at radius 3 is 2.50 bits per heavy atom. The molecule has 0 radical (unpaired) electrons. The molecule has 1 saturated heterocycles. The van der Waals surface area contributed by atoms with E-state index in [0.717, 1.165) is 42.5 Å². The van der Waals surface area contributed by atoms with Crippen molar-refractivity contribution < 1.29 is 9.53 Å². The number of benzene rings is 1. The molecule has 1 N–H and O–H groups in total. The van der Waals surface area contributed by atoms with Crippen LogP contribution in [0.15, 0.2) is 18.2 Å². The van der Waals surface area contributed by atoms with Gasteiger partial charge in [0.1, 0.15) is 0 Å². The first-order valence-electron chi connectivity index (χ1n) is 9.29. The summed E-state index contributed by atoms with van der Waals surface area (Å²) in [6.07, 6.45) is 4.07. The summed E-state index contributed by atoms with van der Waals surface area (Å²) in [5.41, 5.74) is 3.84. The van der Waals surface area contributed by atoms with Gasteiger partial charge in [0.2, 0.25) is 0 Å². The van der Waals surface area contributed by atoms with Crippen molar-refractivity contribution in [3.05, 3.63) is 34.9 Å². The summed E-state index contributed by atoms with van der Waals surface area (Å²) >= 11 is 0. The molecule has 1 aromatic rings. The molecule has 0 amide bonds. The molecule has 0 bridgehead atoms. The van der Waals surface area contributed by atoms with Gasteiger partial charge in [0.05, 0.1) is 13.2 Å². The van der Waals surface area contributed by atoms with Gasteiger partial charge in [-0.05, 0) is 48.8 Å². The van der Waals surface area contributed by atoms with Crippen molar-refractivity contribution in [1.82, 2.24) is 0 Å². The van der Waals surface area contributed by atoms with Gasteiger partial charge < -0.3 is 10.1 Å². The van der Waals surface area contributed by atoms with Crippen molar-refractivity contribution in [1.29, 1.82) is 5.41 Å². The summed E-state index contributed by atoms with van der Waals surface area (Å²) < 4.78 is 5.53. The number of rotatable bonds is 9. The number of ether oxygens (including phenoxy) is 1. The van der Waals surface area contributed by atoms with E-state index >= 15 is 0 Å². The maximum Gasteiger partial charge on any atom is 0.163 e. The summed E-state index contributed by atoms with van der Waals surface area (Å²) in [6.45, 7) is 9.69. The van der Waals surface area contributed by atoms with E-state index in [1.807, 2.05) is 6.92 Å². The Kier molecular flexibility index (Phi) is 6.34. The van der Waals surface area contributed by atoms with Crippen LogP contribution in [0.1, 0.15) is 74.9 Å². The fourth-order valence-corrected chi connectivity index (χ4v) is 3.34. The molecule has 0 aliphatic carbocycles. The largest absolute Gasteiger partial charge is 0.379 e. The van der Waals surface area contributed by atoms with E-state index in [4.69, 9.17) is 10.1 Å². The van der Waals surface area contributed by atoms with Crippen LogP contribution < -0.4 is 0 Å². The highest BCUT2D eigenvalue weighted by molar-refractivity contribution is 5.97. The first kappa shape index (κ1) is 18.9. The van der Waals surface area contributed by atoms with Gasteiger partial charge in [-0.25, -0.2) is 0 Å². The molecule has 24 heavy (non-hydrogen) atoms. The van der Waals surface area contributed by atoms with Crippen LogP contribution >= 0.6 is 0 Å². The average Bonchev–Trinajstić information content (AvgIpc) is 2.56. The normalized spacial score (nSPS) is 17.2. The van der Waals surface area contributed by atoms with E-state index in [1.165, 1.54) is 5.56 Å². The zero-order chi connectivity index (χ0) is 17.7.